The summed E-state index contributed by atoms with van der Waals surface area (Å²) >= 11 is 1.46. The molecular formula is C18H21N5OS. The molecule has 1 aliphatic heterocycles. The van der Waals surface area contributed by atoms with Crippen molar-refractivity contribution in [2.45, 2.75) is 26.3 Å². The summed E-state index contributed by atoms with van der Waals surface area (Å²) in [7, 11) is 0. The van der Waals surface area contributed by atoms with Gasteiger partial charge in [0.25, 0.3) is 5.91 Å². The summed E-state index contributed by atoms with van der Waals surface area (Å²) in [5, 5.41) is 13.3. The van der Waals surface area contributed by atoms with Crippen molar-refractivity contribution >= 4 is 33.3 Å². The van der Waals surface area contributed by atoms with Gasteiger partial charge in [0.05, 0.1) is 11.2 Å². The van der Waals surface area contributed by atoms with E-state index in [1.54, 1.807) is 0 Å². The lowest BCUT2D eigenvalue weighted by molar-refractivity contribution is 0.102. The highest BCUT2D eigenvalue weighted by Crippen LogP contribution is 2.22. The number of aromatic amines is 1. The largest absolute Gasteiger partial charge is 0.297 e. The molecule has 1 aliphatic rings. The lowest BCUT2D eigenvalue weighted by Crippen LogP contribution is -2.32. The molecule has 0 spiro atoms. The third kappa shape index (κ3) is 3.57. The van der Waals surface area contributed by atoms with Crippen molar-refractivity contribution in [2.75, 3.05) is 18.4 Å². The number of para-hydroxylation sites is 1. The van der Waals surface area contributed by atoms with Crippen molar-refractivity contribution in [3.63, 3.8) is 0 Å². The first-order chi connectivity index (χ1) is 12.2. The number of H-pyrrole nitrogens is 1. The molecular weight excluding hydrogens is 334 g/mol. The Morgan fingerprint density at radius 3 is 3.00 bits per heavy atom. The number of carbonyl (C=O) groups excluding carboxylic acids is 1. The number of likely N-dealkylation sites (tertiary alicyclic amines) is 1. The van der Waals surface area contributed by atoms with Crippen LogP contribution in [0.5, 0.6) is 0 Å². The molecule has 1 saturated heterocycles. The second-order valence-corrected chi connectivity index (χ2v) is 7.53. The molecule has 3 heterocycles. The third-order valence-corrected chi connectivity index (χ3v) is 5.53. The molecule has 2 N–H and O–H groups in total. The average Bonchev–Trinajstić information content (AvgIpc) is 3.23. The smallest absolute Gasteiger partial charge is 0.278 e. The molecule has 0 atom stereocenters. The topological polar surface area (TPSA) is 73.9 Å². The van der Waals surface area contributed by atoms with Gasteiger partial charge in [0.1, 0.15) is 0 Å². The minimum atomic E-state index is -0.231. The Kier molecular flexibility index (Phi) is 4.50. The first kappa shape index (κ1) is 16.2. The van der Waals surface area contributed by atoms with E-state index in [0.717, 1.165) is 42.1 Å². The Hall–Kier alpha value is -2.25. The molecule has 0 saturated carbocycles. The molecule has 6 nitrogen and oxygen atoms in total. The number of nitrogens with zero attached hydrogens (tertiary/aromatic N) is 3. The van der Waals surface area contributed by atoms with E-state index in [2.05, 4.69) is 32.3 Å². The summed E-state index contributed by atoms with van der Waals surface area (Å²) in [5.74, 6) is 0.593. The first-order valence-corrected chi connectivity index (χ1v) is 9.48. The molecule has 2 aromatic heterocycles. The third-order valence-electron chi connectivity index (χ3n) is 4.72. The van der Waals surface area contributed by atoms with Crippen LogP contribution in [0.2, 0.25) is 0 Å². The number of fused-ring (bicyclic) bond motifs is 1. The highest BCUT2D eigenvalue weighted by atomic mass is 32.1. The number of hydrogen-bond donors (Lipinski definition) is 2. The summed E-state index contributed by atoms with van der Waals surface area (Å²) in [6.07, 6.45) is 2.50. The number of benzene rings is 1. The van der Waals surface area contributed by atoms with Gasteiger partial charge in [0.15, 0.2) is 10.8 Å². The standard InChI is InChI=1S/C18H21N5OS/c1-12-6-8-23(9-7-12)10-13-11-25-18(19-13)20-17(24)16-14-4-2-3-5-15(14)21-22-16/h2-5,11-12H,6-10H2,1H3,(H,21,22)(H,19,20,24). The minimum absolute atomic E-state index is 0.231. The lowest BCUT2D eigenvalue weighted by Gasteiger charge is -2.29. The number of carbonyl (C=O) groups is 1. The van der Waals surface area contributed by atoms with Gasteiger partial charge >= 0.3 is 0 Å². The van der Waals surface area contributed by atoms with Gasteiger partial charge in [-0.3, -0.25) is 20.1 Å². The summed E-state index contributed by atoms with van der Waals surface area (Å²) in [6.45, 7) is 5.41. The number of aromatic nitrogens is 3. The first-order valence-electron chi connectivity index (χ1n) is 8.60. The normalized spacial score (nSPS) is 16.4. The molecule has 0 aliphatic carbocycles. The van der Waals surface area contributed by atoms with E-state index in [0.29, 0.717) is 10.8 Å². The van der Waals surface area contributed by atoms with Crippen LogP contribution in [0.25, 0.3) is 10.9 Å². The summed E-state index contributed by atoms with van der Waals surface area (Å²) in [6, 6.07) is 7.60. The van der Waals surface area contributed by atoms with Crippen molar-refractivity contribution in [2.24, 2.45) is 5.92 Å². The minimum Gasteiger partial charge on any atom is -0.297 e. The second kappa shape index (κ2) is 6.93. The zero-order valence-corrected chi connectivity index (χ0v) is 15.0. The molecule has 0 unspecified atom stereocenters. The number of thiazole rings is 1. The molecule has 25 heavy (non-hydrogen) atoms. The SMILES string of the molecule is CC1CCN(Cc2csc(NC(=O)c3n[nH]c4ccccc34)n2)CC1. The fraction of sp³-hybridized carbons (Fsp3) is 0.389. The fourth-order valence-electron chi connectivity index (χ4n) is 3.18. The summed E-state index contributed by atoms with van der Waals surface area (Å²) in [5.41, 5.74) is 2.27. The van der Waals surface area contributed by atoms with Crippen LogP contribution in [-0.4, -0.2) is 39.1 Å². The van der Waals surface area contributed by atoms with Crippen LogP contribution < -0.4 is 5.32 Å². The van der Waals surface area contributed by atoms with Crippen LogP contribution in [0.15, 0.2) is 29.6 Å². The maximum absolute atomic E-state index is 12.5. The number of piperidine rings is 1. The second-order valence-electron chi connectivity index (χ2n) is 6.67. The van der Waals surface area contributed by atoms with Crippen molar-refractivity contribution in [3.8, 4) is 0 Å². The van der Waals surface area contributed by atoms with Gasteiger partial charge in [-0.05, 0) is 37.9 Å². The van der Waals surface area contributed by atoms with E-state index in [-0.39, 0.29) is 5.91 Å². The van der Waals surface area contributed by atoms with Crippen LogP contribution in [0, 0.1) is 5.92 Å². The van der Waals surface area contributed by atoms with E-state index in [9.17, 15) is 4.79 Å². The van der Waals surface area contributed by atoms with Gasteiger partial charge in [0.2, 0.25) is 0 Å². The van der Waals surface area contributed by atoms with Gasteiger partial charge in [0, 0.05) is 17.3 Å². The van der Waals surface area contributed by atoms with Crippen molar-refractivity contribution in [1.82, 2.24) is 20.1 Å². The highest BCUT2D eigenvalue weighted by Gasteiger charge is 2.18. The maximum atomic E-state index is 12.5. The van der Waals surface area contributed by atoms with Gasteiger partial charge in [-0.1, -0.05) is 25.1 Å². The quantitative estimate of drug-likeness (QED) is 0.751. The zero-order valence-electron chi connectivity index (χ0n) is 14.2. The molecule has 0 radical (unpaired) electrons. The number of rotatable bonds is 4. The van der Waals surface area contributed by atoms with E-state index in [1.807, 2.05) is 29.6 Å². The summed E-state index contributed by atoms with van der Waals surface area (Å²) in [4.78, 5) is 19.5. The zero-order chi connectivity index (χ0) is 17.2. The molecule has 0 bridgehead atoms. The molecule has 7 heteroatoms. The highest BCUT2D eigenvalue weighted by molar-refractivity contribution is 7.14. The van der Waals surface area contributed by atoms with E-state index in [4.69, 9.17) is 0 Å². The average molecular weight is 355 g/mol. The van der Waals surface area contributed by atoms with Gasteiger partial charge in [-0.15, -0.1) is 11.3 Å². The maximum Gasteiger partial charge on any atom is 0.278 e. The predicted octanol–water partition coefficient (Wildman–Crippen LogP) is 3.50. The Balaban J connectivity index is 1.41. The van der Waals surface area contributed by atoms with Crippen LogP contribution in [-0.2, 0) is 6.54 Å². The molecule has 3 aromatic rings. The van der Waals surface area contributed by atoms with Crippen LogP contribution in [0.1, 0.15) is 35.9 Å². The molecule has 1 amide bonds. The molecule has 4 rings (SSSR count). The van der Waals surface area contributed by atoms with Gasteiger partial charge in [-0.25, -0.2) is 4.98 Å². The monoisotopic (exact) mass is 355 g/mol. The lowest BCUT2D eigenvalue weighted by atomic mass is 9.99. The summed E-state index contributed by atoms with van der Waals surface area (Å²) < 4.78 is 0. The van der Waals surface area contributed by atoms with Gasteiger partial charge in [-0.2, -0.15) is 5.10 Å². The Morgan fingerprint density at radius 2 is 2.16 bits per heavy atom. The van der Waals surface area contributed by atoms with Crippen molar-refractivity contribution in [3.05, 3.63) is 41.0 Å². The molecule has 130 valence electrons. The number of anilines is 1. The molecule has 1 fully saturated rings. The van der Waals surface area contributed by atoms with Gasteiger partial charge < -0.3 is 0 Å². The fourth-order valence-corrected chi connectivity index (χ4v) is 3.88. The van der Waals surface area contributed by atoms with Crippen molar-refractivity contribution in [1.29, 1.82) is 0 Å². The Labute approximate surface area is 150 Å². The Morgan fingerprint density at radius 1 is 1.36 bits per heavy atom. The van der Waals surface area contributed by atoms with Crippen LogP contribution in [0.3, 0.4) is 0 Å². The molecule has 1 aromatic carbocycles. The van der Waals surface area contributed by atoms with Crippen LogP contribution in [0.4, 0.5) is 5.13 Å². The Bertz CT molecular complexity index is 878. The van der Waals surface area contributed by atoms with E-state index in [1.165, 1.54) is 24.2 Å². The van der Waals surface area contributed by atoms with Crippen LogP contribution >= 0.6 is 11.3 Å². The number of nitrogens with one attached hydrogen (secondary N) is 2. The number of hydrogen-bond acceptors (Lipinski definition) is 5. The predicted molar refractivity (Wildman–Crippen MR) is 99.8 cm³/mol. The number of amides is 1. The van der Waals surface area contributed by atoms with E-state index >= 15 is 0 Å². The van der Waals surface area contributed by atoms with Crippen molar-refractivity contribution < 1.29 is 4.79 Å². The van der Waals surface area contributed by atoms with E-state index < -0.39 is 0 Å².